The van der Waals surface area contributed by atoms with Crippen molar-refractivity contribution in [3.05, 3.63) is 128 Å². The van der Waals surface area contributed by atoms with Crippen LogP contribution in [-0.2, 0) is 6.54 Å². The molecule has 7 heteroatoms. The van der Waals surface area contributed by atoms with Gasteiger partial charge in [0.2, 0.25) is 0 Å². The topological polar surface area (TPSA) is 102 Å². The second-order valence-electron chi connectivity index (χ2n) is 9.79. The molecule has 0 aliphatic heterocycles. The Labute approximate surface area is 219 Å². The van der Waals surface area contributed by atoms with Crippen molar-refractivity contribution in [1.82, 2.24) is 25.0 Å². The number of rotatable bonds is 6. The van der Waals surface area contributed by atoms with Crippen molar-refractivity contribution >= 4 is 10.9 Å². The van der Waals surface area contributed by atoms with E-state index in [2.05, 4.69) is 50.2 Å². The molecule has 0 aliphatic rings. The lowest BCUT2D eigenvalue weighted by atomic mass is 9.83. The van der Waals surface area contributed by atoms with Crippen LogP contribution in [0.25, 0.3) is 33.4 Å². The molecule has 3 aromatic carbocycles. The molecule has 0 bridgehead atoms. The van der Waals surface area contributed by atoms with Crippen LogP contribution in [0.4, 0.5) is 0 Å². The van der Waals surface area contributed by atoms with E-state index in [1.54, 1.807) is 0 Å². The average molecular weight is 504 g/mol. The Hall–Kier alpha value is -4.78. The number of H-pyrrole nitrogens is 4. The first-order valence-corrected chi connectivity index (χ1v) is 12.8. The number of fused-ring (bicyclic) bond motifs is 1. The lowest BCUT2D eigenvalue weighted by Gasteiger charge is -2.17. The van der Waals surface area contributed by atoms with Crippen molar-refractivity contribution in [2.75, 3.05) is 0 Å². The summed E-state index contributed by atoms with van der Waals surface area (Å²) >= 11 is 0. The van der Waals surface area contributed by atoms with Crippen LogP contribution in [0.1, 0.15) is 40.7 Å². The maximum atomic E-state index is 13.6. The fourth-order valence-electron chi connectivity index (χ4n) is 5.40. The molecule has 0 radical (unpaired) electrons. The van der Waals surface area contributed by atoms with Crippen molar-refractivity contribution in [2.45, 2.75) is 33.2 Å². The van der Waals surface area contributed by atoms with Crippen LogP contribution in [0.3, 0.4) is 0 Å². The molecular formula is C31H29N5O2. The van der Waals surface area contributed by atoms with Gasteiger partial charge in [-0.15, -0.1) is 0 Å². The standard InChI is InChI=1S/C31H29N5O2/c1-4-36-17-23(22-7-5-6-8-24(22)36)25(26-28(32-34-30(26)37)20-13-9-18(2)10-14-20)27-29(33-35-31(27)38)21-15-11-19(3)12-16-21/h5-17,25H,4H2,1-3H3,(H2,32,34,37)(H2,33,35,38). The number of aromatic amines is 4. The Balaban J connectivity index is 1.70. The Morgan fingerprint density at radius 2 is 1.18 bits per heavy atom. The largest absolute Gasteiger partial charge is 0.347 e. The predicted molar refractivity (Wildman–Crippen MR) is 152 cm³/mol. The molecule has 3 heterocycles. The second-order valence-corrected chi connectivity index (χ2v) is 9.79. The van der Waals surface area contributed by atoms with Crippen LogP contribution >= 0.6 is 0 Å². The number of aryl methyl sites for hydroxylation is 3. The Bertz CT molecular complexity index is 1760. The maximum absolute atomic E-state index is 13.6. The van der Waals surface area contributed by atoms with Crippen LogP contribution in [0.2, 0.25) is 0 Å². The Kier molecular flexibility index (Phi) is 5.76. The molecule has 6 rings (SSSR count). The van der Waals surface area contributed by atoms with Gasteiger partial charge in [0.25, 0.3) is 11.1 Å². The van der Waals surface area contributed by atoms with E-state index in [4.69, 9.17) is 0 Å². The molecule has 7 nitrogen and oxygen atoms in total. The minimum atomic E-state index is -0.634. The number of nitrogens with zero attached hydrogens (tertiary/aromatic N) is 1. The van der Waals surface area contributed by atoms with Gasteiger partial charge in [-0.05, 0) is 43.5 Å². The summed E-state index contributed by atoms with van der Waals surface area (Å²) in [4.78, 5) is 27.2. The fraction of sp³-hybridized carbons (Fsp3) is 0.161. The van der Waals surface area contributed by atoms with Crippen molar-refractivity contribution in [3.8, 4) is 22.5 Å². The van der Waals surface area contributed by atoms with E-state index >= 15 is 0 Å². The average Bonchev–Trinajstić information content (AvgIpc) is 3.62. The third-order valence-electron chi connectivity index (χ3n) is 7.36. The van der Waals surface area contributed by atoms with E-state index in [0.717, 1.165) is 45.3 Å². The highest BCUT2D eigenvalue weighted by Gasteiger charge is 2.33. The minimum Gasteiger partial charge on any atom is -0.347 e. The van der Waals surface area contributed by atoms with E-state index in [-0.39, 0.29) is 11.1 Å². The molecule has 38 heavy (non-hydrogen) atoms. The van der Waals surface area contributed by atoms with E-state index in [1.807, 2.05) is 74.5 Å². The summed E-state index contributed by atoms with van der Waals surface area (Å²) in [6.45, 7) is 6.91. The number of benzene rings is 3. The molecule has 0 amide bonds. The maximum Gasteiger partial charge on any atom is 0.268 e. The highest BCUT2D eigenvalue weighted by Crippen LogP contribution is 2.41. The summed E-state index contributed by atoms with van der Waals surface area (Å²) in [6.07, 6.45) is 2.08. The van der Waals surface area contributed by atoms with Gasteiger partial charge >= 0.3 is 0 Å². The van der Waals surface area contributed by atoms with Crippen LogP contribution in [0.15, 0.2) is 88.6 Å². The molecule has 0 aliphatic carbocycles. The Morgan fingerprint density at radius 1 is 0.684 bits per heavy atom. The summed E-state index contributed by atoms with van der Waals surface area (Å²) in [5.41, 5.74) is 7.80. The highest BCUT2D eigenvalue weighted by molar-refractivity contribution is 5.87. The van der Waals surface area contributed by atoms with E-state index in [1.165, 1.54) is 0 Å². The molecule has 4 N–H and O–H groups in total. The lowest BCUT2D eigenvalue weighted by Crippen LogP contribution is -2.20. The zero-order valence-electron chi connectivity index (χ0n) is 21.6. The van der Waals surface area contributed by atoms with Gasteiger partial charge in [-0.2, -0.15) is 0 Å². The molecule has 0 saturated heterocycles. The van der Waals surface area contributed by atoms with Gasteiger partial charge in [-0.1, -0.05) is 77.9 Å². The lowest BCUT2D eigenvalue weighted by molar-refractivity contribution is 0.789. The smallest absolute Gasteiger partial charge is 0.268 e. The van der Waals surface area contributed by atoms with Gasteiger partial charge in [0, 0.05) is 23.6 Å². The predicted octanol–water partition coefficient (Wildman–Crippen LogP) is 5.83. The SMILES string of the molecule is CCn1cc(C(c2c(-c3ccc(C)cc3)[nH][nH]c2=O)c2c(-c3ccc(C)cc3)[nH][nH]c2=O)c2ccccc21. The molecule has 3 aromatic heterocycles. The van der Waals surface area contributed by atoms with Gasteiger partial charge in [0.1, 0.15) is 0 Å². The van der Waals surface area contributed by atoms with E-state index in [9.17, 15) is 9.59 Å². The third-order valence-corrected chi connectivity index (χ3v) is 7.36. The molecule has 0 fully saturated rings. The summed E-state index contributed by atoms with van der Waals surface area (Å²) < 4.78 is 2.16. The van der Waals surface area contributed by atoms with Gasteiger partial charge in [-0.25, -0.2) is 0 Å². The van der Waals surface area contributed by atoms with E-state index in [0.29, 0.717) is 22.5 Å². The number of hydrogen-bond acceptors (Lipinski definition) is 2. The van der Waals surface area contributed by atoms with Crippen molar-refractivity contribution in [3.63, 3.8) is 0 Å². The molecule has 6 aromatic rings. The van der Waals surface area contributed by atoms with Gasteiger partial charge < -0.3 is 4.57 Å². The van der Waals surface area contributed by atoms with Crippen molar-refractivity contribution in [2.24, 2.45) is 0 Å². The quantitative estimate of drug-likeness (QED) is 0.230. The van der Waals surface area contributed by atoms with Crippen molar-refractivity contribution < 1.29 is 0 Å². The van der Waals surface area contributed by atoms with Gasteiger partial charge in [0.15, 0.2) is 0 Å². The first-order chi connectivity index (χ1) is 18.5. The summed E-state index contributed by atoms with van der Waals surface area (Å²) in [7, 11) is 0. The van der Waals surface area contributed by atoms with Crippen LogP contribution in [0.5, 0.6) is 0 Å². The van der Waals surface area contributed by atoms with Crippen LogP contribution < -0.4 is 11.1 Å². The fourth-order valence-corrected chi connectivity index (χ4v) is 5.40. The second kappa shape index (κ2) is 9.27. The normalized spacial score (nSPS) is 11.6. The number of hydrogen-bond donors (Lipinski definition) is 4. The first-order valence-electron chi connectivity index (χ1n) is 12.8. The first kappa shape index (κ1) is 23.6. The summed E-state index contributed by atoms with van der Waals surface area (Å²) in [6, 6.07) is 24.2. The van der Waals surface area contributed by atoms with E-state index < -0.39 is 5.92 Å². The summed E-state index contributed by atoms with van der Waals surface area (Å²) in [5, 5.41) is 12.8. The number of aromatic nitrogens is 5. The van der Waals surface area contributed by atoms with Gasteiger partial charge in [0.05, 0.1) is 28.4 Å². The van der Waals surface area contributed by atoms with Crippen LogP contribution in [0, 0.1) is 13.8 Å². The zero-order chi connectivity index (χ0) is 26.4. The molecule has 0 spiro atoms. The minimum absolute atomic E-state index is 0.255. The molecule has 0 atom stereocenters. The molecule has 190 valence electrons. The number of para-hydroxylation sites is 1. The van der Waals surface area contributed by atoms with Crippen molar-refractivity contribution in [1.29, 1.82) is 0 Å². The Morgan fingerprint density at radius 3 is 1.68 bits per heavy atom. The van der Waals surface area contributed by atoms with Gasteiger partial charge in [-0.3, -0.25) is 30.0 Å². The summed E-state index contributed by atoms with van der Waals surface area (Å²) in [5.74, 6) is -0.634. The monoisotopic (exact) mass is 503 g/mol. The zero-order valence-corrected chi connectivity index (χ0v) is 21.6. The molecule has 0 unspecified atom stereocenters. The highest BCUT2D eigenvalue weighted by atomic mass is 16.1. The molecule has 0 saturated carbocycles. The number of nitrogens with one attached hydrogen (secondary N) is 4. The molecular weight excluding hydrogens is 474 g/mol. The van der Waals surface area contributed by atoms with Crippen LogP contribution in [-0.4, -0.2) is 25.0 Å². The third kappa shape index (κ3) is 3.84.